The molecular formula is C40H44N6O4. The van der Waals surface area contributed by atoms with Crippen LogP contribution >= 0.6 is 0 Å². The average molecular weight is 673 g/mol. The van der Waals surface area contributed by atoms with E-state index in [0.717, 1.165) is 47.2 Å². The first kappa shape index (κ1) is 34.4. The smallest absolute Gasteiger partial charge is 0.257 e. The Labute approximate surface area is 292 Å². The van der Waals surface area contributed by atoms with E-state index < -0.39 is 11.9 Å². The Bertz CT molecular complexity index is 1930. The van der Waals surface area contributed by atoms with Gasteiger partial charge in [0.25, 0.3) is 11.8 Å². The molecule has 1 aromatic heterocycles. The van der Waals surface area contributed by atoms with Crippen LogP contribution in [0.2, 0.25) is 0 Å². The van der Waals surface area contributed by atoms with Gasteiger partial charge in [-0.2, -0.15) is 0 Å². The SMILES string of the molecule is COc1ccc(C[C@H](NC(=O)c2ccc3c(c2)c(CC(N)=O)cn3Cc2ccc(C)cc2)C(=O)NN2CCN(Cc3ccccc3)CC2)cc1. The van der Waals surface area contributed by atoms with Crippen LogP contribution in [0.5, 0.6) is 5.75 Å². The van der Waals surface area contributed by atoms with Crippen LogP contribution < -0.4 is 21.2 Å². The number of rotatable bonds is 13. The number of carbonyl (C=O) groups is 3. The standard InChI is InChI=1S/C40H44N6O4/c1-28-8-10-31(11-9-28)26-45-27-33(24-38(41)47)35-23-32(14-17-37(35)45)39(48)42-36(22-29-12-15-34(50-2)16-13-29)40(49)43-46-20-18-44(19-21-46)25-30-6-4-3-5-7-30/h3-17,23,27,36H,18-22,24-26H2,1-2H3,(H2,41,47)(H,42,48)(H,43,49)/t36-/m0/s1. The zero-order chi connectivity index (χ0) is 35.0. The van der Waals surface area contributed by atoms with Crippen LogP contribution in [0.4, 0.5) is 0 Å². The molecule has 258 valence electrons. The largest absolute Gasteiger partial charge is 0.497 e. The number of hydrazine groups is 1. The number of aromatic nitrogens is 1. The number of hydrogen-bond acceptors (Lipinski definition) is 6. The normalized spacial score (nSPS) is 14.3. The van der Waals surface area contributed by atoms with Crippen molar-refractivity contribution < 1.29 is 19.1 Å². The molecule has 5 aromatic rings. The second-order valence-corrected chi connectivity index (χ2v) is 12.9. The molecule has 6 rings (SSSR count). The molecule has 4 N–H and O–H groups in total. The van der Waals surface area contributed by atoms with E-state index in [-0.39, 0.29) is 24.7 Å². The number of nitrogens with two attached hydrogens (primary N) is 1. The molecule has 3 amide bonds. The number of fused-ring (bicyclic) bond motifs is 1. The van der Waals surface area contributed by atoms with Gasteiger partial charge in [-0.25, -0.2) is 5.01 Å². The van der Waals surface area contributed by atoms with Crippen LogP contribution in [0.3, 0.4) is 0 Å². The predicted molar refractivity (Wildman–Crippen MR) is 195 cm³/mol. The van der Waals surface area contributed by atoms with Crippen LogP contribution in [0.25, 0.3) is 10.9 Å². The quantitative estimate of drug-likeness (QED) is 0.172. The molecule has 0 unspecified atom stereocenters. The number of ether oxygens (including phenoxy) is 1. The fourth-order valence-electron chi connectivity index (χ4n) is 6.40. The number of primary amides is 1. The van der Waals surface area contributed by atoms with Gasteiger partial charge in [0.15, 0.2) is 0 Å². The lowest BCUT2D eigenvalue weighted by molar-refractivity contribution is -0.128. The molecule has 0 bridgehead atoms. The molecule has 1 saturated heterocycles. The Balaban J connectivity index is 1.19. The number of hydrogen-bond donors (Lipinski definition) is 3. The number of methoxy groups -OCH3 is 1. The lowest BCUT2D eigenvalue weighted by atomic mass is 10.0. The first-order valence-corrected chi connectivity index (χ1v) is 16.9. The minimum absolute atomic E-state index is 0.0452. The molecule has 50 heavy (non-hydrogen) atoms. The zero-order valence-electron chi connectivity index (χ0n) is 28.6. The van der Waals surface area contributed by atoms with E-state index in [1.807, 2.05) is 66.7 Å². The number of amides is 3. The zero-order valence-corrected chi connectivity index (χ0v) is 28.6. The maximum atomic E-state index is 13.8. The van der Waals surface area contributed by atoms with Gasteiger partial charge < -0.3 is 20.4 Å². The van der Waals surface area contributed by atoms with Crippen molar-refractivity contribution in [1.29, 1.82) is 0 Å². The van der Waals surface area contributed by atoms with Crippen LogP contribution in [0, 0.1) is 6.92 Å². The van der Waals surface area contributed by atoms with Gasteiger partial charge >= 0.3 is 0 Å². The number of nitrogens with zero attached hydrogens (tertiary/aromatic N) is 3. The van der Waals surface area contributed by atoms with E-state index in [4.69, 9.17) is 10.5 Å². The third-order valence-corrected chi connectivity index (χ3v) is 9.17. The van der Waals surface area contributed by atoms with Gasteiger partial charge in [-0.3, -0.25) is 24.7 Å². The predicted octanol–water partition coefficient (Wildman–Crippen LogP) is 4.22. The van der Waals surface area contributed by atoms with Crippen molar-refractivity contribution in [2.45, 2.75) is 38.9 Å². The van der Waals surface area contributed by atoms with Gasteiger partial charge in [0.1, 0.15) is 11.8 Å². The first-order valence-electron chi connectivity index (χ1n) is 16.9. The Morgan fingerprint density at radius 3 is 2.18 bits per heavy atom. The molecule has 1 aliphatic rings. The fraction of sp³-hybridized carbons (Fsp3) is 0.275. The highest BCUT2D eigenvalue weighted by molar-refractivity contribution is 6.01. The highest BCUT2D eigenvalue weighted by Gasteiger charge is 2.26. The third-order valence-electron chi connectivity index (χ3n) is 9.17. The molecule has 0 saturated carbocycles. The van der Waals surface area contributed by atoms with E-state index in [1.165, 1.54) is 11.1 Å². The molecule has 1 atom stereocenters. The summed E-state index contributed by atoms with van der Waals surface area (Å²) < 4.78 is 7.38. The maximum Gasteiger partial charge on any atom is 0.257 e. The maximum absolute atomic E-state index is 13.8. The Kier molecular flexibility index (Phi) is 10.9. The van der Waals surface area contributed by atoms with E-state index in [9.17, 15) is 14.4 Å². The number of nitrogens with one attached hydrogen (secondary N) is 2. The van der Waals surface area contributed by atoms with Gasteiger partial charge in [-0.15, -0.1) is 0 Å². The van der Waals surface area contributed by atoms with Gasteiger partial charge in [0.2, 0.25) is 5.91 Å². The third kappa shape index (κ3) is 8.76. The lowest BCUT2D eigenvalue weighted by Crippen LogP contribution is -2.58. The van der Waals surface area contributed by atoms with E-state index in [0.29, 0.717) is 30.9 Å². The van der Waals surface area contributed by atoms with Crippen LogP contribution in [-0.2, 0) is 35.5 Å². The molecule has 1 aliphatic heterocycles. The minimum Gasteiger partial charge on any atom is -0.497 e. The summed E-state index contributed by atoms with van der Waals surface area (Å²) in [5, 5.41) is 5.70. The summed E-state index contributed by atoms with van der Waals surface area (Å²) in [6, 6.07) is 30.7. The van der Waals surface area contributed by atoms with Crippen molar-refractivity contribution in [3.8, 4) is 5.75 Å². The summed E-state index contributed by atoms with van der Waals surface area (Å²) in [6.45, 7) is 6.46. The summed E-state index contributed by atoms with van der Waals surface area (Å²) in [6.07, 6.45) is 2.26. The molecule has 10 heteroatoms. The molecule has 0 aliphatic carbocycles. The molecule has 0 spiro atoms. The lowest BCUT2D eigenvalue weighted by Gasteiger charge is -2.35. The molecule has 1 fully saturated rings. The monoisotopic (exact) mass is 672 g/mol. The summed E-state index contributed by atoms with van der Waals surface area (Å²) >= 11 is 0. The minimum atomic E-state index is -0.842. The summed E-state index contributed by atoms with van der Waals surface area (Å²) in [7, 11) is 1.60. The van der Waals surface area contributed by atoms with Crippen molar-refractivity contribution in [3.63, 3.8) is 0 Å². The van der Waals surface area contributed by atoms with Crippen LogP contribution in [0.1, 0.15) is 38.2 Å². The van der Waals surface area contributed by atoms with E-state index in [2.05, 4.69) is 56.6 Å². The highest BCUT2D eigenvalue weighted by atomic mass is 16.5. The van der Waals surface area contributed by atoms with Gasteiger partial charge in [-0.1, -0.05) is 72.3 Å². The second-order valence-electron chi connectivity index (χ2n) is 12.9. The van der Waals surface area contributed by atoms with Crippen molar-refractivity contribution in [2.24, 2.45) is 5.73 Å². The van der Waals surface area contributed by atoms with Crippen molar-refractivity contribution in [1.82, 2.24) is 25.2 Å². The summed E-state index contributed by atoms with van der Waals surface area (Å²) in [5.41, 5.74) is 15.1. The summed E-state index contributed by atoms with van der Waals surface area (Å²) in [5.74, 6) is -0.414. The second kappa shape index (κ2) is 15.8. The molecule has 0 radical (unpaired) electrons. The summed E-state index contributed by atoms with van der Waals surface area (Å²) in [4.78, 5) is 42.0. The topological polar surface area (TPSA) is 122 Å². The van der Waals surface area contributed by atoms with E-state index >= 15 is 0 Å². The van der Waals surface area contributed by atoms with Crippen molar-refractivity contribution >= 4 is 28.6 Å². The highest BCUT2D eigenvalue weighted by Crippen LogP contribution is 2.25. The van der Waals surface area contributed by atoms with Crippen molar-refractivity contribution in [2.75, 3.05) is 33.3 Å². The van der Waals surface area contributed by atoms with Gasteiger partial charge in [-0.05, 0) is 59.5 Å². The molecule has 10 nitrogen and oxygen atoms in total. The number of aryl methyl sites for hydroxylation is 1. The Hall–Kier alpha value is -5.45. The van der Waals surface area contributed by atoms with Gasteiger partial charge in [0, 0.05) is 68.4 Å². The molecule has 2 heterocycles. The van der Waals surface area contributed by atoms with Crippen LogP contribution in [-0.4, -0.2) is 71.5 Å². The molecular weight excluding hydrogens is 628 g/mol. The Morgan fingerprint density at radius 1 is 0.820 bits per heavy atom. The fourth-order valence-corrected chi connectivity index (χ4v) is 6.40. The van der Waals surface area contributed by atoms with Crippen molar-refractivity contribution in [3.05, 3.63) is 137 Å². The van der Waals surface area contributed by atoms with E-state index in [1.54, 1.807) is 19.2 Å². The number of piperazine rings is 1. The average Bonchev–Trinajstić information content (AvgIpc) is 3.45. The Morgan fingerprint density at radius 2 is 1.50 bits per heavy atom. The van der Waals surface area contributed by atoms with Gasteiger partial charge in [0.05, 0.1) is 13.5 Å². The first-order chi connectivity index (χ1) is 24.2. The molecule has 4 aromatic carbocycles. The number of carbonyl (C=O) groups excluding carboxylic acids is 3. The number of benzene rings is 4. The van der Waals surface area contributed by atoms with Crippen LogP contribution in [0.15, 0.2) is 103 Å².